The van der Waals surface area contributed by atoms with Gasteiger partial charge in [-0.1, -0.05) is 0 Å². The largest absolute Gasteiger partial charge is 0.461 e. The van der Waals surface area contributed by atoms with Gasteiger partial charge in [-0.2, -0.15) is 13.2 Å². The number of hydrogen-bond acceptors (Lipinski definition) is 3. The number of hydrogen-bond donors (Lipinski definition) is 0. The Bertz CT molecular complexity index is 406. The second kappa shape index (κ2) is 4.82. The number of pyridine rings is 1. The van der Waals surface area contributed by atoms with Crippen molar-refractivity contribution in [1.82, 2.24) is 4.98 Å². The van der Waals surface area contributed by atoms with Crippen molar-refractivity contribution in [3.05, 3.63) is 28.0 Å². The monoisotopic (exact) mass is 297 g/mol. The lowest BCUT2D eigenvalue weighted by molar-refractivity contribution is -0.137. The molecule has 0 radical (unpaired) electrons. The van der Waals surface area contributed by atoms with Crippen molar-refractivity contribution in [2.45, 2.75) is 13.1 Å². The summed E-state index contributed by atoms with van der Waals surface area (Å²) in [6, 6.07) is 0.791. The molecule has 0 bridgehead atoms. The molecular formula is C9H7BrF3NO2. The van der Waals surface area contributed by atoms with Crippen molar-refractivity contribution in [3.8, 4) is 0 Å². The zero-order valence-corrected chi connectivity index (χ0v) is 9.72. The molecule has 16 heavy (non-hydrogen) atoms. The summed E-state index contributed by atoms with van der Waals surface area (Å²) >= 11 is 2.85. The molecule has 0 saturated carbocycles. The molecule has 0 aliphatic heterocycles. The molecule has 0 N–H and O–H groups in total. The van der Waals surface area contributed by atoms with E-state index < -0.39 is 17.7 Å². The van der Waals surface area contributed by atoms with Crippen molar-refractivity contribution in [3.63, 3.8) is 0 Å². The molecular weight excluding hydrogens is 291 g/mol. The van der Waals surface area contributed by atoms with Crippen molar-refractivity contribution >= 4 is 21.9 Å². The molecule has 1 heterocycles. The summed E-state index contributed by atoms with van der Waals surface area (Å²) in [6.07, 6.45) is -3.89. The maximum absolute atomic E-state index is 12.3. The van der Waals surface area contributed by atoms with Gasteiger partial charge < -0.3 is 4.74 Å². The average molecular weight is 298 g/mol. The molecule has 0 unspecified atom stereocenters. The van der Waals surface area contributed by atoms with Crippen LogP contribution in [0.25, 0.3) is 0 Å². The second-order valence-corrected chi connectivity index (χ2v) is 3.63. The zero-order chi connectivity index (χ0) is 12.3. The first-order valence-electron chi connectivity index (χ1n) is 4.26. The third kappa shape index (κ3) is 2.94. The van der Waals surface area contributed by atoms with Crippen LogP contribution in [0.15, 0.2) is 16.7 Å². The van der Waals surface area contributed by atoms with E-state index in [9.17, 15) is 18.0 Å². The van der Waals surface area contributed by atoms with Gasteiger partial charge in [0.25, 0.3) is 0 Å². The summed E-state index contributed by atoms with van der Waals surface area (Å²) in [5.41, 5.74) is -1.10. The van der Waals surface area contributed by atoms with Crippen LogP contribution in [-0.4, -0.2) is 17.6 Å². The molecule has 0 fully saturated rings. The SMILES string of the molecule is CCOC(=O)c1ncc(C(F)(F)F)cc1Br. The normalized spacial score (nSPS) is 11.3. The van der Waals surface area contributed by atoms with Gasteiger partial charge in [-0.25, -0.2) is 9.78 Å². The lowest BCUT2D eigenvalue weighted by Crippen LogP contribution is -2.11. The Kier molecular flexibility index (Phi) is 3.90. The molecule has 0 atom stereocenters. The number of ether oxygens (including phenoxy) is 1. The first kappa shape index (κ1) is 13.0. The fraction of sp³-hybridized carbons (Fsp3) is 0.333. The van der Waals surface area contributed by atoms with E-state index in [0.717, 1.165) is 6.07 Å². The quantitative estimate of drug-likeness (QED) is 0.788. The molecule has 0 aliphatic carbocycles. The van der Waals surface area contributed by atoms with Gasteiger partial charge in [0.15, 0.2) is 5.69 Å². The fourth-order valence-corrected chi connectivity index (χ4v) is 1.45. The van der Waals surface area contributed by atoms with Gasteiger partial charge in [0.1, 0.15) is 0 Å². The summed E-state index contributed by atoms with van der Waals surface area (Å²) in [7, 11) is 0. The summed E-state index contributed by atoms with van der Waals surface area (Å²) in [5.74, 6) is -0.761. The maximum Gasteiger partial charge on any atom is 0.417 e. The van der Waals surface area contributed by atoms with Gasteiger partial charge in [0.2, 0.25) is 0 Å². The van der Waals surface area contributed by atoms with Crippen LogP contribution in [-0.2, 0) is 10.9 Å². The van der Waals surface area contributed by atoms with Crippen LogP contribution in [0.3, 0.4) is 0 Å². The van der Waals surface area contributed by atoms with Gasteiger partial charge >= 0.3 is 12.1 Å². The van der Waals surface area contributed by atoms with Crippen LogP contribution in [0, 0.1) is 0 Å². The van der Waals surface area contributed by atoms with Crippen molar-refractivity contribution in [2.75, 3.05) is 6.61 Å². The number of halogens is 4. The smallest absolute Gasteiger partial charge is 0.417 e. The second-order valence-electron chi connectivity index (χ2n) is 2.77. The van der Waals surface area contributed by atoms with Gasteiger partial charge in [-0.15, -0.1) is 0 Å². The van der Waals surface area contributed by atoms with Crippen LogP contribution in [0.5, 0.6) is 0 Å². The van der Waals surface area contributed by atoms with E-state index in [2.05, 4.69) is 25.7 Å². The molecule has 3 nitrogen and oxygen atoms in total. The predicted octanol–water partition coefficient (Wildman–Crippen LogP) is 3.04. The van der Waals surface area contributed by atoms with E-state index in [4.69, 9.17) is 0 Å². The Labute approximate surface area is 97.8 Å². The minimum atomic E-state index is -4.48. The summed E-state index contributed by atoms with van der Waals surface area (Å²) in [4.78, 5) is 14.7. The molecule has 0 aromatic carbocycles. The number of nitrogens with zero attached hydrogens (tertiary/aromatic N) is 1. The number of aromatic nitrogens is 1. The Morgan fingerprint density at radius 1 is 1.56 bits per heavy atom. The van der Waals surface area contributed by atoms with E-state index >= 15 is 0 Å². The summed E-state index contributed by atoms with van der Waals surface area (Å²) in [6.45, 7) is 1.73. The lowest BCUT2D eigenvalue weighted by Gasteiger charge is -2.08. The first-order valence-corrected chi connectivity index (χ1v) is 5.05. The van der Waals surface area contributed by atoms with Crippen LogP contribution < -0.4 is 0 Å². The Morgan fingerprint density at radius 3 is 2.62 bits per heavy atom. The highest BCUT2D eigenvalue weighted by atomic mass is 79.9. The van der Waals surface area contributed by atoms with E-state index in [0.29, 0.717) is 6.20 Å². The third-order valence-electron chi connectivity index (χ3n) is 1.64. The predicted molar refractivity (Wildman–Crippen MR) is 52.9 cm³/mol. The molecule has 0 amide bonds. The summed E-state index contributed by atoms with van der Waals surface area (Å²) < 4.78 is 41.4. The van der Waals surface area contributed by atoms with E-state index in [1.165, 1.54) is 0 Å². The minimum Gasteiger partial charge on any atom is -0.461 e. The number of esters is 1. The van der Waals surface area contributed by atoms with Gasteiger partial charge in [-0.3, -0.25) is 0 Å². The highest BCUT2D eigenvalue weighted by Gasteiger charge is 2.32. The number of carbonyl (C=O) groups is 1. The van der Waals surface area contributed by atoms with Crippen molar-refractivity contribution in [1.29, 1.82) is 0 Å². The molecule has 1 aromatic rings. The number of carbonyl (C=O) groups excluding carboxylic acids is 1. The van der Waals surface area contributed by atoms with E-state index in [-0.39, 0.29) is 16.8 Å². The topological polar surface area (TPSA) is 39.2 Å². The Balaban J connectivity index is 3.05. The van der Waals surface area contributed by atoms with Crippen LogP contribution >= 0.6 is 15.9 Å². The molecule has 88 valence electrons. The zero-order valence-electron chi connectivity index (χ0n) is 8.14. The van der Waals surface area contributed by atoms with Gasteiger partial charge in [-0.05, 0) is 28.9 Å². The third-order valence-corrected chi connectivity index (χ3v) is 2.24. The highest BCUT2D eigenvalue weighted by Crippen LogP contribution is 2.31. The highest BCUT2D eigenvalue weighted by molar-refractivity contribution is 9.10. The van der Waals surface area contributed by atoms with E-state index in [1.54, 1.807) is 6.92 Å². The molecule has 0 spiro atoms. The van der Waals surface area contributed by atoms with Gasteiger partial charge in [0.05, 0.1) is 16.6 Å². The molecule has 7 heteroatoms. The average Bonchev–Trinajstić information content (AvgIpc) is 2.16. The summed E-state index contributed by atoms with van der Waals surface area (Å²) in [5, 5.41) is 0. The molecule has 0 aliphatic rings. The minimum absolute atomic E-state index is 0.0409. The molecule has 1 rings (SSSR count). The number of alkyl halides is 3. The first-order chi connectivity index (χ1) is 7.36. The van der Waals surface area contributed by atoms with Crippen LogP contribution in [0.2, 0.25) is 0 Å². The standard InChI is InChI=1S/C9H7BrF3NO2/c1-2-16-8(15)7-6(10)3-5(4-14-7)9(11,12)13/h3-4H,2H2,1H3. The van der Waals surface area contributed by atoms with Crippen LogP contribution in [0.1, 0.15) is 23.0 Å². The number of rotatable bonds is 2. The fourth-order valence-electron chi connectivity index (χ4n) is 0.943. The van der Waals surface area contributed by atoms with Crippen molar-refractivity contribution < 1.29 is 22.7 Å². The Hall–Kier alpha value is -1.11. The van der Waals surface area contributed by atoms with Crippen molar-refractivity contribution in [2.24, 2.45) is 0 Å². The lowest BCUT2D eigenvalue weighted by atomic mass is 10.2. The van der Waals surface area contributed by atoms with Gasteiger partial charge in [0, 0.05) is 6.20 Å². The molecule has 0 saturated heterocycles. The van der Waals surface area contributed by atoms with E-state index in [1.807, 2.05) is 0 Å². The maximum atomic E-state index is 12.3. The van der Waals surface area contributed by atoms with Crippen LogP contribution in [0.4, 0.5) is 13.2 Å². The Morgan fingerprint density at radius 2 is 2.19 bits per heavy atom. The molecule has 1 aromatic heterocycles.